The maximum atomic E-state index is 13.9. The average Bonchev–Trinajstić information content (AvgIpc) is 2.86. The first-order valence-electron chi connectivity index (χ1n) is 12.3. The third kappa shape index (κ3) is 6.40. The van der Waals surface area contributed by atoms with Crippen molar-refractivity contribution in [3.05, 3.63) is 35.4 Å². The van der Waals surface area contributed by atoms with Gasteiger partial charge in [-0.1, -0.05) is 24.3 Å². The Labute approximate surface area is 219 Å². The van der Waals surface area contributed by atoms with Gasteiger partial charge in [0.2, 0.25) is 5.91 Å². The number of amides is 2. The minimum absolute atomic E-state index is 0.0586. The fourth-order valence-electron chi connectivity index (χ4n) is 4.63. The van der Waals surface area contributed by atoms with Crippen LogP contribution in [0.4, 0.5) is 44.3 Å². The van der Waals surface area contributed by atoms with E-state index in [0.29, 0.717) is 25.9 Å². The Morgan fingerprint density at radius 2 is 1.38 bits per heavy atom. The van der Waals surface area contributed by atoms with Crippen molar-refractivity contribution < 1.29 is 53.8 Å². The summed E-state index contributed by atoms with van der Waals surface area (Å²) in [6.07, 6.45) is -9.81. The van der Waals surface area contributed by atoms with Gasteiger partial charge in [0, 0.05) is 38.5 Å². The van der Waals surface area contributed by atoms with Gasteiger partial charge < -0.3 is 14.5 Å². The van der Waals surface area contributed by atoms with Gasteiger partial charge in [-0.05, 0) is 50.7 Å². The van der Waals surface area contributed by atoms with Gasteiger partial charge in [0.15, 0.2) is 0 Å². The van der Waals surface area contributed by atoms with E-state index in [1.54, 1.807) is 4.90 Å². The molecule has 2 amide bonds. The van der Waals surface area contributed by atoms with Gasteiger partial charge in [-0.25, -0.2) is 4.79 Å². The highest BCUT2D eigenvalue weighted by molar-refractivity contribution is 5.79. The molecule has 0 saturated carbocycles. The predicted molar refractivity (Wildman–Crippen MR) is 121 cm³/mol. The number of fused-ring (bicyclic) bond motifs is 1. The Bertz CT molecular complexity index is 1050. The Kier molecular flexibility index (Phi) is 8.48. The largest absolute Gasteiger partial charge is 0.460 e. The van der Waals surface area contributed by atoms with Crippen LogP contribution >= 0.6 is 0 Å². The Morgan fingerprint density at radius 1 is 0.821 bits per heavy atom. The number of ether oxygens (including phenoxy) is 1. The standard InChI is InChI=1S/C25H29F9N2O3/c1-21(2,10-11-22(26,27)23(28,29)24(30,31)25(32,33)34)39-20(38)35-12-8-17(9-13-35)19(37)36-14-7-16-5-3-4-6-18(16)15-36/h3-6,17H,7-15H2,1-2H3. The number of rotatable bonds is 7. The van der Waals surface area contributed by atoms with Crippen molar-refractivity contribution in [3.63, 3.8) is 0 Å². The minimum atomic E-state index is -6.97. The highest BCUT2D eigenvalue weighted by Crippen LogP contribution is 2.54. The van der Waals surface area contributed by atoms with Gasteiger partial charge >= 0.3 is 30.0 Å². The Balaban J connectivity index is 1.51. The summed E-state index contributed by atoms with van der Waals surface area (Å²) in [6.45, 7) is 3.30. The van der Waals surface area contributed by atoms with Gasteiger partial charge in [0.25, 0.3) is 0 Å². The molecule has 2 aliphatic heterocycles. The topological polar surface area (TPSA) is 49.9 Å². The molecule has 14 heteroatoms. The smallest absolute Gasteiger partial charge is 0.443 e. The Hall–Kier alpha value is -2.67. The second-order valence-corrected chi connectivity index (χ2v) is 10.5. The van der Waals surface area contributed by atoms with E-state index in [9.17, 15) is 49.1 Å². The molecule has 0 unspecified atom stereocenters. The lowest BCUT2D eigenvalue weighted by atomic mass is 9.93. The van der Waals surface area contributed by atoms with Crippen LogP contribution in [0.1, 0.15) is 50.7 Å². The molecule has 0 radical (unpaired) electrons. The van der Waals surface area contributed by atoms with E-state index in [4.69, 9.17) is 4.74 Å². The molecule has 5 nitrogen and oxygen atoms in total. The summed E-state index contributed by atoms with van der Waals surface area (Å²) >= 11 is 0. The molecular formula is C25H29F9N2O3. The number of halogens is 9. The highest BCUT2D eigenvalue weighted by atomic mass is 19.4. The number of benzene rings is 1. The van der Waals surface area contributed by atoms with Crippen molar-refractivity contribution >= 4 is 12.0 Å². The number of carbonyl (C=O) groups excluding carboxylic acids is 2. The fraction of sp³-hybridized carbons (Fsp3) is 0.680. The number of hydrogen-bond acceptors (Lipinski definition) is 3. The van der Waals surface area contributed by atoms with Crippen molar-refractivity contribution in [2.75, 3.05) is 19.6 Å². The van der Waals surface area contributed by atoms with Crippen LogP contribution in [-0.4, -0.2) is 71.0 Å². The van der Waals surface area contributed by atoms with Crippen LogP contribution < -0.4 is 0 Å². The van der Waals surface area contributed by atoms with Crippen molar-refractivity contribution in [2.45, 2.75) is 82.0 Å². The molecule has 0 N–H and O–H groups in total. The van der Waals surface area contributed by atoms with Gasteiger partial charge in [-0.3, -0.25) is 4.79 Å². The van der Waals surface area contributed by atoms with Gasteiger partial charge in [-0.15, -0.1) is 0 Å². The monoisotopic (exact) mass is 576 g/mol. The number of carbonyl (C=O) groups is 2. The lowest BCUT2D eigenvalue weighted by Gasteiger charge is -2.37. The summed E-state index contributed by atoms with van der Waals surface area (Å²) in [5.74, 6) is -19.9. The maximum Gasteiger partial charge on any atom is 0.460 e. The number of hydrogen-bond donors (Lipinski definition) is 0. The second-order valence-electron chi connectivity index (χ2n) is 10.5. The van der Waals surface area contributed by atoms with Crippen LogP contribution in [0.5, 0.6) is 0 Å². The molecule has 3 rings (SSSR count). The summed E-state index contributed by atoms with van der Waals surface area (Å²) < 4.78 is 123. The molecule has 1 fully saturated rings. The Morgan fingerprint density at radius 3 is 1.95 bits per heavy atom. The van der Waals surface area contributed by atoms with Gasteiger partial charge in [0.05, 0.1) is 0 Å². The summed E-state index contributed by atoms with van der Waals surface area (Å²) in [5.41, 5.74) is 0.348. The van der Waals surface area contributed by atoms with E-state index < -0.39 is 48.5 Å². The van der Waals surface area contributed by atoms with E-state index in [0.717, 1.165) is 25.8 Å². The van der Waals surface area contributed by atoms with Crippen molar-refractivity contribution in [1.82, 2.24) is 9.80 Å². The molecule has 1 aromatic rings. The summed E-state index contributed by atoms with van der Waals surface area (Å²) in [6, 6.07) is 7.78. The number of likely N-dealkylation sites (tertiary alicyclic amines) is 1. The van der Waals surface area contributed by atoms with E-state index in [2.05, 4.69) is 0 Å². The first-order valence-corrected chi connectivity index (χ1v) is 12.3. The fourth-order valence-corrected chi connectivity index (χ4v) is 4.63. The van der Waals surface area contributed by atoms with Crippen LogP contribution in [0.25, 0.3) is 0 Å². The normalized spacial score (nSPS) is 18.1. The zero-order valence-electron chi connectivity index (χ0n) is 21.3. The van der Waals surface area contributed by atoms with E-state index in [1.807, 2.05) is 24.3 Å². The molecule has 0 spiro atoms. The lowest BCUT2D eigenvalue weighted by Crippen LogP contribution is -2.61. The minimum Gasteiger partial charge on any atom is -0.443 e. The number of alkyl halides is 9. The molecule has 2 heterocycles. The maximum absolute atomic E-state index is 13.9. The van der Waals surface area contributed by atoms with Crippen LogP contribution in [0.2, 0.25) is 0 Å². The molecule has 0 aliphatic carbocycles. The molecule has 2 aliphatic rings. The third-order valence-electron chi connectivity index (χ3n) is 7.16. The van der Waals surface area contributed by atoms with Crippen LogP contribution in [0, 0.1) is 5.92 Å². The van der Waals surface area contributed by atoms with Gasteiger partial charge in [-0.2, -0.15) is 39.5 Å². The molecule has 1 saturated heterocycles. The van der Waals surface area contributed by atoms with Gasteiger partial charge in [0.1, 0.15) is 5.60 Å². The summed E-state index contributed by atoms with van der Waals surface area (Å²) in [5, 5.41) is 0. The van der Waals surface area contributed by atoms with E-state index >= 15 is 0 Å². The number of piperidine rings is 1. The lowest BCUT2D eigenvalue weighted by molar-refractivity contribution is -0.397. The second kappa shape index (κ2) is 10.7. The molecule has 0 atom stereocenters. The molecule has 0 aromatic heterocycles. The molecule has 220 valence electrons. The highest BCUT2D eigenvalue weighted by Gasteiger charge is 2.81. The van der Waals surface area contributed by atoms with Crippen molar-refractivity contribution in [3.8, 4) is 0 Å². The zero-order chi connectivity index (χ0) is 29.4. The third-order valence-corrected chi connectivity index (χ3v) is 7.16. The predicted octanol–water partition coefficient (Wildman–Crippen LogP) is 6.45. The SMILES string of the molecule is CC(C)(CCC(F)(F)C(F)(F)C(F)(F)C(F)(F)F)OC(=O)N1CCC(C(=O)N2CCc3ccccc3C2)CC1. The van der Waals surface area contributed by atoms with Crippen molar-refractivity contribution in [1.29, 1.82) is 0 Å². The first kappa shape index (κ1) is 30.9. The first-order chi connectivity index (χ1) is 17.8. The van der Waals surface area contributed by atoms with Crippen LogP contribution in [-0.2, 0) is 22.5 Å². The average molecular weight is 577 g/mol. The molecule has 39 heavy (non-hydrogen) atoms. The quantitative estimate of drug-likeness (QED) is 0.351. The van der Waals surface area contributed by atoms with Crippen LogP contribution in [0.15, 0.2) is 24.3 Å². The summed E-state index contributed by atoms with van der Waals surface area (Å²) in [4.78, 5) is 28.5. The van der Waals surface area contributed by atoms with Crippen LogP contribution in [0.3, 0.4) is 0 Å². The molecule has 1 aromatic carbocycles. The zero-order valence-corrected chi connectivity index (χ0v) is 21.3. The molecular weight excluding hydrogens is 547 g/mol. The van der Waals surface area contributed by atoms with E-state index in [-0.39, 0.29) is 24.9 Å². The van der Waals surface area contributed by atoms with E-state index in [1.165, 1.54) is 10.5 Å². The van der Waals surface area contributed by atoms with Crippen molar-refractivity contribution in [2.24, 2.45) is 5.92 Å². The summed E-state index contributed by atoms with van der Waals surface area (Å²) in [7, 11) is 0. The molecule has 0 bridgehead atoms. The number of nitrogens with zero attached hydrogens (tertiary/aromatic N) is 2.